The van der Waals surface area contributed by atoms with E-state index in [0.717, 1.165) is 11.8 Å². The zero-order valence-electron chi connectivity index (χ0n) is 21.6. The second-order valence-corrected chi connectivity index (χ2v) is 10.9. The van der Waals surface area contributed by atoms with E-state index in [0.29, 0.717) is 0 Å². The maximum Gasteiger partial charge on any atom is -0.00236 e. The lowest BCUT2D eigenvalue weighted by atomic mass is 9.85. The quantitative estimate of drug-likeness (QED) is 0.147. The van der Waals surface area contributed by atoms with E-state index >= 15 is 0 Å². The Hall–Kier alpha value is -2.60. The summed E-state index contributed by atoms with van der Waals surface area (Å²) in [4.78, 5) is 0. The Morgan fingerprint density at radius 3 is 1.26 bits per heavy atom. The van der Waals surface area contributed by atoms with Gasteiger partial charge in [-0.15, -0.1) is 0 Å². The molecule has 0 nitrogen and oxygen atoms in total. The molecule has 0 aliphatic carbocycles. The zero-order chi connectivity index (χ0) is 23.7. The number of fused-ring (bicyclic) bond motifs is 2. The van der Waals surface area contributed by atoms with E-state index in [2.05, 4.69) is 88.4 Å². The van der Waals surface area contributed by atoms with Gasteiger partial charge in [-0.3, -0.25) is 0 Å². The maximum absolute atomic E-state index is 2.42. The molecule has 176 valence electrons. The summed E-state index contributed by atoms with van der Waals surface area (Å²) in [6.07, 6.45) is 10.1. The van der Waals surface area contributed by atoms with E-state index in [-0.39, 0.29) is 0 Å². The van der Waals surface area contributed by atoms with Gasteiger partial charge in [0, 0.05) is 0 Å². The first-order valence-corrected chi connectivity index (χ1v) is 13.7. The first kappa shape index (κ1) is 23.2. The minimum absolute atomic E-state index is 0.795. The van der Waals surface area contributed by atoms with Crippen LogP contribution in [0.1, 0.15) is 77.3 Å². The van der Waals surface area contributed by atoms with Crippen LogP contribution in [0, 0.1) is 11.8 Å². The molecule has 0 N–H and O–H groups in total. The van der Waals surface area contributed by atoms with Crippen LogP contribution in [0.25, 0.3) is 43.1 Å². The fourth-order valence-corrected chi connectivity index (χ4v) is 6.35. The summed E-state index contributed by atoms with van der Waals surface area (Å²) in [6.45, 7) is 9.42. The summed E-state index contributed by atoms with van der Waals surface area (Å²) >= 11 is 0. The second kappa shape index (κ2) is 9.95. The van der Waals surface area contributed by atoms with Crippen LogP contribution in [0.15, 0.2) is 60.7 Å². The number of rotatable bonds is 10. The molecule has 0 saturated heterocycles. The largest absolute Gasteiger partial charge is 0.0654 e. The summed E-state index contributed by atoms with van der Waals surface area (Å²) in [5.41, 5.74) is 3.03. The Bertz CT molecular complexity index is 1280. The van der Waals surface area contributed by atoms with E-state index in [1.54, 1.807) is 0 Å². The van der Waals surface area contributed by atoms with Crippen molar-refractivity contribution in [2.45, 2.75) is 79.1 Å². The molecule has 0 aromatic heterocycles. The highest BCUT2D eigenvalue weighted by Gasteiger charge is 2.16. The lowest BCUT2D eigenvalue weighted by Crippen LogP contribution is -1.99. The molecular weight excluding hydrogens is 408 g/mol. The molecule has 0 aliphatic heterocycles. The van der Waals surface area contributed by atoms with Crippen molar-refractivity contribution < 1.29 is 0 Å². The van der Waals surface area contributed by atoms with E-state index in [1.807, 2.05) is 0 Å². The molecule has 2 unspecified atom stereocenters. The molecule has 0 heteroatoms. The van der Waals surface area contributed by atoms with E-state index in [9.17, 15) is 0 Å². The molecule has 5 aromatic carbocycles. The van der Waals surface area contributed by atoms with Gasteiger partial charge < -0.3 is 0 Å². The standard InChI is InChI=1S/C34H40/c1-5-9-23(3)15-17-25-19-21-31-32-22-20-26(18-16-24(4)10-6-2)28-12-8-14-30(34(28)32)29-13-7-11-27(25)33(29)31/h7-8,11-14,19-24H,5-6,9-10,15-18H2,1-4H3. The Labute approximate surface area is 205 Å². The van der Waals surface area contributed by atoms with Crippen molar-refractivity contribution in [3.8, 4) is 0 Å². The van der Waals surface area contributed by atoms with Gasteiger partial charge in [-0.25, -0.2) is 0 Å². The van der Waals surface area contributed by atoms with Gasteiger partial charge >= 0.3 is 0 Å². The molecule has 0 heterocycles. The number of hydrogen-bond donors (Lipinski definition) is 0. The van der Waals surface area contributed by atoms with Crippen LogP contribution in [-0.2, 0) is 12.8 Å². The van der Waals surface area contributed by atoms with Crippen molar-refractivity contribution in [3.63, 3.8) is 0 Å². The molecule has 0 radical (unpaired) electrons. The lowest BCUT2D eigenvalue weighted by Gasteiger charge is -2.19. The molecule has 2 atom stereocenters. The van der Waals surface area contributed by atoms with Gasteiger partial charge in [-0.05, 0) is 91.7 Å². The van der Waals surface area contributed by atoms with Gasteiger partial charge in [0.1, 0.15) is 0 Å². The Morgan fingerprint density at radius 1 is 0.471 bits per heavy atom. The molecule has 0 amide bonds. The molecule has 0 spiro atoms. The third-order valence-corrected chi connectivity index (χ3v) is 8.22. The zero-order valence-corrected chi connectivity index (χ0v) is 21.6. The molecule has 0 saturated carbocycles. The van der Waals surface area contributed by atoms with Gasteiger partial charge in [-0.1, -0.05) is 114 Å². The van der Waals surface area contributed by atoms with E-state index in [1.165, 1.54) is 106 Å². The molecule has 34 heavy (non-hydrogen) atoms. The molecule has 0 aliphatic rings. The first-order valence-electron chi connectivity index (χ1n) is 13.7. The van der Waals surface area contributed by atoms with Crippen molar-refractivity contribution in [1.82, 2.24) is 0 Å². The topological polar surface area (TPSA) is 0 Å². The SMILES string of the molecule is CCCC(C)CCc1ccc2c3ccc(CCC(C)CCC)c4cccc(c5cccc1c52)c43. The maximum atomic E-state index is 2.42. The molecule has 0 bridgehead atoms. The molecule has 0 fully saturated rings. The minimum atomic E-state index is 0.795. The van der Waals surface area contributed by atoms with Crippen LogP contribution >= 0.6 is 0 Å². The lowest BCUT2D eigenvalue weighted by molar-refractivity contribution is 0.487. The van der Waals surface area contributed by atoms with Crippen LogP contribution in [0.4, 0.5) is 0 Å². The van der Waals surface area contributed by atoms with E-state index in [4.69, 9.17) is 0 Å². The average Bonchev–Trinajstić information content (AvgIpc) is 2.85. The Kier molecular flexibility index (Phi) is 6.77. The van der Waals surface area contributed by atoms with Crippen LogP contribution in [0.3, 0.4) is 0 Å². The van der Waals surface area contributed by atoms with Gasteiger partial charge in [0.25, 0.3) is 0 Å². The average molecular weight is 449 g/mol. The highest BCUT2D eigenvalue weighted by Crippen LogP contribution is 2.42. The number of hydrogen-bond acceptors (Lipinski definition) is 0. The first-order chi connectivity index (χ1) is 16.6. The van der Waals surface area contributed by atoms with Crippen molar-refractivity contribution in [2.75, 3.05) is 0 Å². The van der Waals surface area contributed by atoms with Gasteiger partial charge in [-0.2, -0.15) is 0 Å². The monoisotopic (exact) mass is 448 g/mol. The van der Waals surface area contributed by atoms with Crippen LogP contribution in [0.5, 0.6) is 0 Å². The highest BCUT2D eigenvalue weighted by molar-refractivity contribution is 6.33. The second-order valence-electron chi connectivity index (χ2n) is 10.9. The summed E-state index contributed by atoms with van der Waals surface area (Å²) < 4.78 is 0. The normalized spacial score (nSPS) is 14.0. The van der Waals surface area contributed by atoms with Crippen molar-refractivity contribution in [1.29, 1.82) is 0 Å². The van der Waals surface area contributed by atoms with Gasteiger partial charge in [0.2, 0.25) is 0 Å². The van der Waals surface area contributed by atoms with Crippen LogP contribution < -0.4 is 0 Å². The van der Waals surface area contributed by atoms with Gasteiger partial charge in [0.15, 0.2) is 0 Å². The van der Waals surface area contributed by atoms with Crippen molar-refractivity contribution in [2.24, 2.45) is 11.8 Å². The fourth-order valence-electron chi connectivity index (χ4n) is 6.35. The van der Waals surface area contributed by atoms with E-state index < -0.39 is 0 Å². The number of aryl methyl sites for hydroxylation is 2. The summed E-state index contributed by atoms with van der Waals surface area (Å²) in [6, 6.07) is 23.6. The predicted octanol–water partition coefficient (Wildman–Crippen LogP) is 10.5. The molecule has 5 rings (SSSR count). The van der Waals surface area contributed by atoms with Gasteiger partial charge in [0.05, 0.1) is 0 Å². The van der Waals surface area contributed by atoms with Crippen LogP contribution in [0.2, 0.25) is 0 Å². The molecule has 5 aromatic rings. The minimum Gasteiger partial charge on any atom is -0.0654 e. The number of benzene rings is 5. The third kappa shape index (κ3) is 4.17. The Morgan fingerprint density at radius 2 is 0.853 bits per heavy atom. The summed E-state index contributed by atoms with van der Waals surface area (Å²) in [5.74, 6) is 1.59. The smallest absolute Gasteiger partial charge is 0.00236 e. The molecular formula is C34H40. The predicted molar refractivity (Wildman–Crippen MR) is 152 cm³/mol. The van der Waals surface area contributed by atoms with Crippen molar-refractivity contribution in [3.05, 3.63) is 71.8 Å². The highest BCUT2D eigenvalue weighted by atomic mass is 14.2. The third-order valence-electron chi connectivity index (χ3n) is 8.22. The van der Waals surface area contributed by atoms with Crippen molar-refractivity contribution >= 4 is 43.1 Å². The summed E-state index contributed by atoms with van der Waals surface area (Å²) in [5, 5.41) is 11.5. The fraction of sp³-hybridized carbons (Fsp3) is 0.412. The summed E-state index contributed by atoms with van der Waals surface area (Å²) in [7, 11) is 0. The van der Waals surface area contributed by atoms with Crippen LogP contribution in [-0.4, -0.2) is 0 Å². The Balaban J connectivity index is 1.65.